The van der Waals surface area contributed by atoms with Crippen LogP contribution in [0.25, 0.3) is 33.4 Å². The molecule has 1 spiro atoms. The molecule has 5 nitrogen and oxygen atoms in total. The fourth-order valence-electron chi connectivity index (χ4n) is 12.6. The van der Waals surface area contributed by atoms with Gasteiger partial charge < -0.3 is 19.4 Å². The van der Waals surface area contributed by atoms with E-state index in [9.17, 15) is 2.74 Å². The number of aryl methyl sites for hydroxylation is 2. The third-order valence-electron chi connectivity index (χ3n) is 17.0. The summed E-state index contributed by atoms with van der Waals surface area (Å²) in [6, 6.07) is 62.7. The smallest absolute Gasteiger partial charge is 0.135 e. The van der Waals surface area contributed by atoms with Crippen molar-refractivity contribution in [3.05, 3.63) is 246 Å². The number of nitrogens with zero attached hydrogens (tertiary/aromatic N) is 4. The Hall–Kier alpha value is -7.76. The van der Waals surface area contributed by atoms with Gasteiger partial charge in [0.1, 0.15) is 13.9 Å². The standard InChI is InChI=1S/C77H73N4OSi.Pt/c1-49(2)53-42-58(79-48-80(66-27-18-17-26-65(66)79)74-61(52-22-15-14-16-23-52)24-21-25-62(74)54-40-56(76(8,9)10)44-57(41-54)77(11,12)13)46-60(43-53)82-59-32-35-70-68(47-59)81(73-45-55(36-37-78-73)75(5,6)7)67-28-19-20-29-69(67)83(70)71-38-50(3)30-33-63(71)64-34-31-51(4)39-72(64)83;/h14-45,48-49H,1-13H3;/q-3;/i14D,15D,16D,22D,23D;. The summed E-state index contributed by atoms with van der Waals surface area (Å²) in [6.07, 6.45) is 1.93. The molecule has 84 heavy (non-hydrogen) atoms. The summed E-state index contributed by atoms with van der Waals surface area (Å²) in [5.74, 6) is 1.95. The van der Waals surface area contributed by atoms with Crippen LogP contribution in [0.2, 0.25) is 0 Å². The first-order valence-electron chi connectivity index (χ1n) is 31.5. The first-order valence-corrected chi connectivity index (χ1v) is 31.0. The topological polar surface area (TPSA) is 31.8 Å². The molecule has 0 aliphatic carbocycles. The van der Waals surface area contributed by atoms with Crippen LogP contribution in [0.3, 0.4) is 0 Å². The van der Waals surface area contributed by atoms with Crippen LogP contribution in [-0.4, -0.2) is 13.1 Å². The van der Waals surface area contributed by atoms with Crippen molar-refractivity contribution < 1.29 is 32.7 Å². The van der Waals surface area contributed by atoms with E-state index in [1.54, 1.807) is 0 Å². The molecule has 0 amide bonds. The number of rotatable bonds is 8. The van der Waals surface area contributed by atoms with E-state index in [1.165, 1.54) is 48.6 Å². The van der Waals surface area contributed by atoms with E-state index in [4.69, 9.17) is 13.8 Å². The summed E-state index contributed by atoms with van der Waals surface area (Å²) in [6.45, 7) is 30.9. The van der Waals surface area contributed by atoms with E-state index in [0.29, 0.717) is 22.7 Å². The van der Waals surface area contributed by atoms with Gasteiger partial charge in [0, 0.05) is 72.6 Å². The average Bonchev–Trinajstić information content (AvgIpc) is 1.48. The van der Waals surface area contributed by atoms with Gasteiger partial charge in [0.25, 0.3) is 0 Å². The van der Waals surface area contributed by atoms with E-state index in [1.807, 2.05) is 37.1 Å². The third kappa shape index (κ3) is 9.64. The van der Waals surface area contributed by atoms with Crippen LogP contribution < -0.4 is 40.2 Å². The zero-order valence-corrected chi connectivity index (χ0v) is 53.5. The fourth-order valence-corrected chi connectivity index (χ4v) is 18.2. The van der Waals surface area contributed by atoms with E-state index in [0.717, 1.165) is 62.1 Å². The van der Waals surface area contributed by atoms with E-state index >= 15 is 0 Å². The van der Waals surface area contributed by atoms with E-state index in [2.05, 4.69) is 250 Å². The molecule has 3 aliphatic rings. The molecule has 3 aliphatic heterocycles. The third-order valence-corrected chi connectivity index (χ3v) is 21.9. The first kappa shape index (κ1) is 50.7. The van der Waals surface area contributed by atoms with Crippen LogP contribution in [-0.2, 0) is 37.3 Å². The SMILES string of the molecule is [2H]c1c([2H])c([2H])c(-c2cccc(-c3cc(C(C)(C)C)cc(C(C)(C)C)c3)c2N2[CH-]N(c3[c-]c(Oc4[c-]c5c(cc4)[Si]4(c6cc(C)ccc6-c6ccc(C)cc64)c4ccccc4N5c4cc(C(C)(C)C)ccn4)cc(C(C)C)c3)c3ccccc32)c([2H])c1[2H].[Pt]. The van der Waals surface area contributed by atoms with Gasteiger partial charge in [0.2, 0.25) is 0 Å². The summed E-state index contributed by atoms with van der Waals surface area (Å²) in [5.41, 5.74) is 16.5. The zero-order valence-electron chi connectivity index (χ0n) is 55.3. The van der Waals surface area contributed by atoms with Crippen molar-refractivity contribution >= 4 is 68.8 Å². The van der Waals surface area contributed by atoms with Crippen molar-refractivity contribution in [1.29, 1.82) is 0 Å². The molecule has 10 aromatic rings. The van der Waals surface area contributed by atoms with Crippen LogP contribution in [0.4, 0.5) is 39.9 Å². The molecule has 4 heterocycles. The molecule has 13 rings (SSSR count). The monoisotopic (exact) mass is 1300 g/mol. The average molecular weight is 1300 g/mol. The Balaban J connectivity index is 0.00000769. The maximum absolute atomic E-state index is 9.39. The molecule has 1 aromatic heterocycles. The van der Waals surface area contributed by atoms with Crippen molar-refractivity contribution in [3.8, 4) is 44.9 Å². The fraction of sp³-hybridized carbons (Fsp3) is 0.221. The Morgan fingerprint density at radius 3 is 1.74 bits per heavy atom. The molecule has 0 atom stereocenters. The van der Waals surface area contributed by atoms with Gasteiger partial charge in [-0.1, -0.05) is 226 Å². The van der Waals surface area contributed by atoms with Crippen LogP contribution in [0.5, 0.6) is 11.5 Å². The quantitative estimate of drug-likeness (QED) is 0.112. The number of hydrogen-bond acceptors (Lipinski definition) is 5. The molecule has 424 valence electrons. The molecule has 0 saturated carbocycles. The minimum atomic E-state index is -3.04. The largest absolute Gasteiger partial charge is 0.509 e. The van der Waals surface area contributed by atoms with Crippen LogP contribution >= 0.6 is 0 Å². The Kier molecular flexibility index (Phi) is 12.7. The van der Waals surface area contributed by atoms with Gasteiger partial charge in [-0.25, -0.2) is 4.98 Å². The van der Waals surface area contributed by atoms with Crippen LogP contribution in [0, 0.1) is 32.6 Å². The number of benzene rings is 9. The van der Waals surface area contributed by atoms with E-state index in [-0.39, 0.29) is 60.9 Å². The number of fused-ring (bicyclic) bond motifs is 10. The van der Waals surface area contributed by atoms with Gasteiger partial charge in [-0.3, -0.25) is 0 Å². The van der Waals surface area contributed by atoms with Crippen LogP contribution in [0.1, 0.15) is 122 Å². The minimum Gasteiger partial charge on any atom is -0.509 e. The Morgan fingerprint density at radius 2 is 1.12 bits per heavy atom. The van der Waals surface area contributed by atoms with Crippen LogP contribution in [0.15, 0.2) is 194 Å². The Bertz CT molecular complexity index is 4410. The van der Waals surface area contributed by atoms with Gasteiger partial charge in [-0.15, -0.1) is 53.4 Å². The molecule has 0 fully saturated rings. The number of para-hydroxylation sites is 4. The van der Waals surface area contributed by atoms with Gasteiger partial charge in [0.05, 0.1) is 6.85 Å². The molecule has 0 saturated heterocycles. The van der Waals surface area contributed by atoms with Gasteiger partial charge in [-0.05, 0) is 121 Å². The number of anilines is 7. The number of ether oxygens (including phenoxy) is 1. The molecular formula is C77H73N4OPtSi-3. The molecule has 0 bridgehead atoms. The summed E-state index contributed by atoms with van der Waals surface area (Å²) in [4.78, 5) is 11.7. The van der Waals surface area contributed by atoms with Gasteiger partial charge in [-0.2, -0.15) is 6.07 Å². The predicted octanol–water partition coefficient (Wildman–Crippen LogP) is 18.0. The maximum Gasteiger partial charge on any atom is 0.135 e. The normalized spacial score (nSPS) is 14.8. The second-order valence-corrected chi connectivity index (χ2v) is 29.9. The number of hydrogen-bond donors (Lipinski definition) is 0. The van der Waals surface area contributed by atoms with E-state index < -0.39 is 26.2 Å². The predicted molar refractivity (Wildman–Crippen MR) is 351 cm³/mol. The molecule has 0 unspecified atom stereocenters. The Morgan fingerprint density at radius 1 is 0.524 bits per heavy atom. The van der Waals surface area contributed by atoms with Gasteiger partial charge >= 0.3 is 0 Å². The Labute approximate surface area is 521 Å². The molecule has 0 radical (unpaired) electrons. The number of pyridine rings is 1. The van der Waals surface area contributed by atoms with Gasteiger partial charge in [0.15, 0.2) is 0 Å². The zero-order chi connectivity index (χ0) is 62.3. The van der Waals surface area contributed by atoms with Crippen molar-refractivity contribution in [3.63, 3.8) is 0 Å². The molecule has 9 aromatic carbocycles. The van der Waals surface area contributed by atoms with Crippen molar-refractivity contribution in [1.82, 2.24) is 4.98 Å². The summed E-state index contributed by atoms with van der Waals surface area (Å²) >= 11 is 0. The summed E-state index contributed by atoms with van der Waals surface area (Å²) in [5, 5.41) is 5.26. The molecule has 7 heteroatoms. The second-order valence-electron chi connectivity index (χ2n) is 26.2. The molecular weight excluding hydrogens is 1220 g/mol. The molecule has 0 N–H and O–H groups in total. The number of aromatic nitrogens is 1. The van der Waals surface area contributed by atoms with Crippen molar-refractivity contribution in [2.45, 2.75) is 112 Å². The maximum atomic E-state index is 9.39. The first-order chi connectivity index (χ1) is 41.7. The minimum absolute atomic E-state index is 0. The summed E-state index contributed by atoms with van der Waals surface area (Å²) in [7, 11) is -3.04. The van der Waals surface area contributed by atoms with Crippen molar-refractivity contribution in [2.75, 3.05) is 14.7 Å². The second kappa shape index (κ2) is 21.1. The summed E-state index contributed by atoms with van der Waals surface area (Å²) < 4.78 is 52.4. The van der Waals surface area contributed by atoms with Crippen molar-refractivity contribution in [2.24, 2.45) is 0 Å².